The topological polar surface area (TPSA) is 140 Å². The number of carbonyl (C=O) groups excluding carboxylic acids is 2. The van der Waals surface area contributed by atoms with Gasteiger partial charge in [0.1, 0.15) is 12.2 Å². The van der Waals surface area contributed by atoms with E-state index in [9.17, 15) is 19.2 Å². The lowest BCUT2D eigenvalue weighted by atomic mass is 9.89. The van der Waals surface area contributed by atoms with Gasteiger partial charge in [-0.3, -0.25) is 14.4 Å². The van der Waals surface area contributed by atoms with Gasteiger partial charge in [-0.2, -0.15) is 0 Å². The summed E-state index contributed by atoms with van der Waals surface area (Å²) in [6.07, 6.45) is 34.6. The Morgan fingerprint density at radius 3 is 1.44 bits per heavy atom. The number of ether oxygens (including phenoxy) is 3. The van der Waals surface area contributed by atoms with Crippen LogP contribution in [0.15, 0.2) is 0 Å². The van der Waals surface area contributed by atoms with Gasteiger partial charge < -0.3 is 29.3 Å². The molecule has 1 rings (SSSR count). The maximum absolute atomic E-state index is 12.7. The average molecular weight is 810 g/mol. The first-order valence-corrected chi connectivity index (χ1v) is 23.8. The number of hydrogen-bond acceptors (Lipinski definition) is 8. The quantitative estimate of drug-likeness (QED) is 0.0454. The average Bonchev–Trinajstić information content (AvgIpc) is 3.17. The summed E-state index contributed by atoms with van der Waals surface area (Å²) in [5.74, 6) is -0.915. The Balaban J connectivity index is 2.39. The summed E-state index contributed by atoms with van der Waals surface area (Å²) in [6.45, 7) is 4.44. The first kappa shape index (κ1) is 52.7. The zero-order valence-electron chi connectivity index (χ0n) is 36.8. The predicted octanol–water partition coefficient (Wildman–Crippen LogP) is 12.8. The molecule has 57 heavy (non-hydrogen) atoms. The Morgan fingerprint density at radius 1 is 0.544 bits per heavy atom. The summed E-state index contributed by atoms with van der Waals surface area (Å²) in [7, 11) is 2.09. The highest BCUT2D eigenvalue weighted by molar-refractivity contribution is 5.69. The zero-order valence-corrected chi connectivity index (χ0v) is 36.8. The summed E-state index contributed by atoms with van der Waals surface area (Å²) < 4.78 is 17.2. The zero-order chi connectivity index (χ0) is 41.6. The standard InChI is InChI=1S/C47H87NO9/c1-3-4-5-6-7-8-9-10-17-22-31-42(56-47(54)57-43-36-38-48(2)39-37-43)32-27-40-55-46(53)35-26-25-30-41(28-20-15-11-13-18-23-33-44(49)50)29-21-16-12-14-19-24-34-45(51)52/h41-43H,3-40H2,1-2H3,(H,49,50)(H,51,52). The fourth-order valence-electron chi connectivity index (χ4n) is 8.06. The number of piperidine rings is 1. The van der Waals surface area contributed by atoms with Crippen LogP contribution in [0.25, 0.3) is 0 Å². The number of carboxylic acid groups (broad SMARTS) is 2. The highest BCUT2D eigenvalue weighted by Gasteiger charge is 2.23. The Hall–Kier alpha value is -2.36. The number of rotatable bonds is 40. The van der Waals surface area contributed by atoms with Crippen molar-refractivity contribution in [2.75, 3.05) is 26.7 Å². The van der Waals surface area contributed by atoms with Gasteiger partial charge in [-0.1, -0.05) is 155 Å². The fraction of sp³-hybridized carbons (Fsp3) is 0.915. The minimum Gasteiger partial charge on any atom is -0.481 e. The van der Waals surface area contributed by atoms with Gasteiger partial charge in [0.2, 0.25) is 0 Å². The van der Waals surface area contributed by atoms with Crippen LogP contribution in [0.5, 0.6) is 0 Å². The minimum atomic E-state index is -0.710. The Morgan fingerprint density at radius 2 is 0.947 bits per heavy atom. The number of carbonyl (C=O) groups is 4. The van der Waals surface area contributed by atoms with E-state index in [-0.39, 0.29) is 31.0 Å². The molecule has 2 N–H and O–H groups in total. The van der Waals surface area contributed by atoms with Crippen LogP contribution in [0, 0.1) is 5.92 Å². The number of nitrogens with zero attached hydrogens (tertiary/aromatic N) is 1. The monoisotopic (exact) mass is 810 g/mol. The molecule has 0 saturated carbocycles. The molecule has 0 aliphatic carbocycles. The Labute approximate surface area is 348 Å². The van der Waals surface area contributed by atoms with Crippen molar-refractivity contribution in [1.82, 2.24) is 4.90 Å². The van der Waals surface area contributed by atoms with Crippen molar-refractivity contribution in [1.29, 1.82) is 0 Å². The summed E-state index contributed by atoms with van der Waals surface area (Å²) in [4.78, 5) is 49.1. The normalized spacial score (nSPS) is 14.2. The highest BCUT2D eigenvalue weighted by Crippen LogP contribution is 2.25. The molecular weight excluding hydrogens is 723 g/mol. The smallest absolute Gasteiger partial charge is 0.481 e. The van der Waals surface area contributed by atoms with Crippen LogP contribution in [0.3, 0.4) is 0 Å². The number of esters is 1. The minimum absolute atomic E-state index is 0.0795. The lowest BCUT2D eigenvalue weighted by Crippen LogP contribution is -2.36. The molecule has 1 saturated heterocycles. The molecule has 0 aromatic heterocycles. The van der Waals surface area contributed by atoms with E-state index in [2.05, 4.69) is 18.9 Å². The van der Waals surface area contributed by atoms with Crippen LogP contribution in [0.1, 0.15) is 232 Å². The highest BCUT2D eigenvalue weighted by atomic mass is 16.7. The molecule has 1 aliphatic rings. The first-order valence-electron chi connectivity index (χ1n) is 23.8. The third-order valence-corrected chi connectivity index (χ3v) is 11.8. The van der Waals surface area contributed by atoms with Gasteiger partial charge in [0.15, 0.2) is 0 Å². The lowest BCUT2D eigenvalue weighted by molar-refractivity contribution is -0.144. The number of aliphatic carboxylic acids is 2. The molecule has 0 amide bonds. The second-order valence-corrected chi connectivity index (χ2v) is 17.2. The predicted molar refractivity (Wildman–Crippen MR) is 230 cm³/mol. The van der Waals surface area contributed by atoms with Crippen molar-refractivity contribution in [2.24, 2.45) is 5.92 Å². The molecule has 1 atom stereocenters. The first-order chi connectivity index (χ1) is 27.7. The second-order valence-electron chi connectivity index (χ2n) is 17.2. The van der Waals surface area contributed by atoms with Crippen molar-refractivity contribution >= 4 is 24.1 Å². The van der Waals surface area contributed by atoms with E-state index in [1.807, 2.05) is 0 Å². The number of carboxylic acids is 2. The summed E-state index contributed by atoms with van der Waals surface area (Å²) in [5, 5.41) is 17.7. The van der Waals surface area contributed by atoms with Crippen LogP contribution < -0.4 is 0 Å². The van der Waals surface area contributed by atoms with E-state index in [1.54, 1.807) is 0 Å². The molecule has 1 heterocycles. The molecule has 0 spiro atoms. The van der Waals surface area contributed by atoms with Crippen LogP contribution in [0.2, 0.25) is 0 Å². The Bertz CT molecular complexity index is 954. The molecular formula is C47H87NO9. The maximum Gasteiger partial charge on any atom is 0.508 e. The molecule has 0 aromatic carbocycles. The molecule has 1 aliphatic heterocycles. The van der Waals surface area contributed by atoms with Gasteiger partial charge in [-0.25, -0.2) is 4.79 Å². The van der Waals surface area contributed by atoms with E-state index in [0.717, 1.165) is 116 Å². The third kappa shape index (κ3) is 35.3. The van der Waals surface area contributed by atoms with Gasteiger partial charge in [0, 0.05) is 32.4 Å². The number of unbranched alkanes of at least 4 members (excludes halogenated alkanes) is 20. The van der Waals surface area contributed by atoms with E-state index < -0.39 is 18.1 Å². The molecule has 0 bridgehead atoms. The van der Waals surface area contributed by atoms with Crippen molar-refractivity contribution < 1.29 is 43.6 Å². The van der Waals surface area contributed by atoms with Crippen LogP contribution in [-0.4, -0.2) is 78.1 Å². The maximum atomic E-state index is 12.7. The third-order valence-electron chi connectivity index (χ3n) is 11.8. The van der Waals surface area contributed by atoms with Gasteiger partial charge >= 0.3 is 24.1 Å². The van der Waals surface area contributed by atoms with Crippen LogP contribution in [-0.2, 0) is 28.6 Å². The largest absolute Gasteiger partial charge is 0.508 e. The molecule has 1 unspecified atom stereocenters. The molecule has 10 nitrogen and oxygen atoms in total. The summed E-state index contributed by atoms with van der Waals surface area (Å²) >= 11 is 0. The molecule has 1 fully saturated rings. The molecule has 0 radical (unpaired) electrons. The SMILES string of the molecule is CCCCCCCCCCCCC(CCCOC(=O)CCCCC(CCCCCCCCC(=O)O)CCCCCCCCC(=O)O)OC(=O)OC1CCN(C)CC1. The molecule has 334 valence electrons. The van der Waals surface area contributed by atoms with E-state index in [4.69, 9.17) is 24.4 Å². The second kappa shape index (κ2) is 37.9. The van der Waals surface area contributed by atoms with Gasteiger partial charge in [-0.15, -0.1) is 0 Å². The van der Waals surface area contributed by atoms with E-state index in [0.29, 0.717) is 31.8 Å². The van der Waals surface area contributed by atoms with E-state index in [1.165, 1.54) is 89.9 Å². The van der Waals surface area contributed by atoms with Crippen molar-refractivity contribution in [2.45, 2.75) is 244 Å². The fourth-order valence-corrected chi connectivity index (χ4v) is 8.06. The number of likely N-dealkylation sites (tertiary alicyclic amines) is 1. The molecule has 0 aromatic rings. The number of hydrogen-bond donors (Lipinski definition) is 2. The van der Waals surface area contributed by atoms with E-state index >= 15 is 0 Å². The summed E-state index contributed by atoms with van der Waals surface area (Å²) in [5.41, 5.74) is 0. The van der Waals surface area contributed by atoms with Crippen molar-refractivity contribution in [3.05, 3.63) is 0 Å². The summed E-state index contributed by atoms with van der Waals surface area (Å²) in [6, 6.07) is 0. The van der Waals surface area contributed by atoms with Gasteiger partial charge in [0.05, 0.1) is 6.61 Å². The van der Waals surface area contributed by atoms with Crippen LogP contribution in [0.4, 0.5) is 4.79 Å². The van der Waals surface area contributed by atoms with Gasteiger partial charge in [0.25, 0.3) is 0 Å². The van der Waals surface area contributed by atoms with Crippen molar-refractivity contribution in [3.63, 3.8) is 0 Å². The molecule has 10 heteroatoms. The van der Waals surface area contributed by atoms with Crippen LogP contribution >= 0.6 is 0 Å². The Kier molecular flexibility index (Phi) is 35.0. The van der Waals surface area contributed by atoms with Gasteiger partial charge in [-0.05, 0) is 70.8 Å². The van der Waals surface area contributed by atoms with Crippen molar-refractivity contribution in [3.8, 4) is 0 Å². The lowest BCUT2D eigenvalue weighted by Gasteiger charge is -2.28.